The lowest BCUT2D eigenvalue weighted by molar-refractivity contribution is -0.138. The van der Waals surface area contributed by atoms with Crippen LogP contribution in [0.25, 0.3) is 0 Å². The molecule has 0 saturated carbocycles. The van der Waals surface area contributed by atoms with Gasteiger partial charge in [0.1, 0.15) is 6.61 Å². The highest BCUT2D eigenvalue weighted by molar-refractivity contribution is 7.99. The number of nitrogens with one attached hydrogen (secondary N) is 1. The molecule has 186 valence electrons. The van der Waals surface area contributed by atoms with Gasteiger partial charge in [-0.25, -0.2) is 4.79 Å². The van der Waals surface area contributed by atoms with E-state index in [0.29, 0.717) is 35.7 Å². The molecule has 35 heavy (non-hydrogen) atoms. The van der Waals surface area contributed by atoms with Crippen LogP contribution in [0.3, 0.4) is 0 Å². The molecule has 1 aliphatic heterocycles. The number of thiophene rings is 1. The molecular weight excluding hydrogens is 482 g/mol. The van der Waals surface area contributed by atoms with Crippen LogP contribution in [-0.2, 0) is 14.3 Å². The maximum atomic E-state index is 13.6. The number of ketones is 1. The number of hydrogen-bond acceptors (Lipinski definition) is 8. The molecule has 1 aromatic heterocycles. The summed E-state index contributed by atoms with van der Waals surface area (Å²) in [7, 11) is 3.16. The van der Waals surface area contributed by atoms with Crippen LogP contribution < -0.4 is 14.8 Å². The first kappa shape index (κ1) is 25.4. The van der Waals surface area contributed by atoms with E-state index >= 15 is 0 Å². The second-order valence-electron chi connectivity index (χ2n) is 8.48. The SMILES string of the molecule is CCSCCOC(=O)C1=C(C)NC2=C(C(=O)CC(c3cccs3)C2)C1c1ccc(OC)c(OC)c1. The van der Waals surface area contributed by atoms with Crippen molar-refractivity contribution in [2.45, 2.75) is 38.5 Å². The Kier molecular flexibility index (Phi) is 8.23. The van der Waals surface area contributed by atoms with Crippen molar-refractivity contribution in [3.8, 4) is 11.5 Å². The molecule has 2 heterocycles. The van der Waals surface area contributed by atoms with Crippen molar-refractivity contribution in [3.05, 3.63) is 68.7 Å². The molecule has 0 saturated heterocycles. The fraction of sp³-hybridized carbons (Fsp3) is 0.407. The number of Topliss-reactive ketones (excluding diaryl/α,β-unsaturated/α-hetero) is 1. The van der Waals surface area contributed by atoms with E-state index in [1.54, 1.807) is 37.3 Å². The number of carbonyl (C=O) groups is 2. The van der Waals surface area contributed by atoms with E-state index in [1.807, 2.05) is 36.6 Å². The van der Waals surface area contributed by atoms with Crippen LogP contribution in [0, 0.1) is 0 Å². The van der Waals surface area contributed by atoms with Crippen LogP contribution in [-0.4, -0.2) is 44.1 Å². The van der Waals surface area contributed by atoms with E-state index < -0.39 is 11.9 Å². The lowest BCUT2D eigenvalue weighted by Crippen LogP contribution is -2.36. The molecular formula is C27H31NO5S2. The van der Waals surface area contributed by atoms with Gasteiger partial charge in [-0.15, -0.1) is 11.3 Å². The molecule has 1 aromatic carbocycles. The second kappa shape index (κ2) is 11.4. The number of dihydropyridines is 1. The summed E-state index contributed by atoms with van der Waals surface area (Å²) in [6.07, 6.45) is 1.14. The van der Waals surface area contributed by atoms with E-state index in [2.05, 4.69) is 18.3 Å². The van der Waals surface area contributed by atoms with Crippen molar-refractivity contribution in [2.75, 3.05) is 32.3 Å². The number of hydrogen-bond donors (Lipinski definition) is 1. The van der Waals surface area contributed by atoms with Crippen molar-refractivity contribution in [1.29, 1.82) is 0 Å². The number of ether oxygens (including phenoxy) is 3. The smallest absolute Gasteiger partial charge is 0.336 e. The van der Waals surface area contributed by atoms with Crippen LogP contribution in [0.4, 0.5) is 0 Å². The highest BCUT2D eigenvalue weighted by Crippen LogP contribution is 2.47. The molecule has 0 bridgehead atoms. The van der Waals surface area contributed by atoms with Crippen LogP contribution in [0.15, 0.2) is 58.3 Å². The van der Waals surface area contributed by atoms with Crippen molar-refractivity contribution < 1.29 is 23.8 Å². The molecule has 8 heteroatoms. The first-order chi connectivity index (χ1) is 17.0. The van der Waals surface area contributed by atoms with Crippen molar-refractivity contribution in [1.82, 2.24) is 5.32 Å². The third-order valence-corrected chi connectivity index (χ3v) is 8.30. The minimum absolute atomic E-state index is 0.0521. The van der Waals surface area contributed by atoms with Crippen LogP contribution >= 0.6 is 23.1 Å². The van der Waals surface area contributed by atoms with Crippen molar-refractivity contribution in [3.63, 3.8) is 0 Å². The highest BCUT2D eigenvalue weighted by Gasteiger charge is 2.41. The monoisotopic (exact) mass is 513 g/mol. The van der Waals surface area contributed by atoms with Crippen molar-refractivity contribution >= 4 is 34.9 Å². The highest BCUT2D eigenvalue weighted by atomic mass is 32.2. The topological polar surface area (TPSA) is 73.9 Å². The molecule has 2 aromatic rings. The van der Waals surface area contributed by atoms with Crippen LogP contribution in [0.1, 0.15) is 49.0 Å². The van der Waals surface area contributed by atoms with Crippen molar-refractivity contribution in [2.24, 2.45) is 0 Å². The minimum Gasteiger partial charge on any atom is -0.493 e. The molecule has 0 radical (unpaired) electrons. The molecule has 6 nitrogen and oxygen atoms in total. The minimum atomic E-state index is -0.533. The molecule has 2 unspecified atom stereocenters. The number of allylic oxidation sites excluding steroid dienone is 3. The lowest BCUT2D eigenvalue weighted by Gasteiger charge is -2.36. The van der Waals surface area contributed by atoms with Gasteiger partial charge in [0.15, 0.2) is 17.3 Å². The Morgan fingerprint density at radius 2 is 1.97 bits per heavy atom. The molecule has 4 rings (SSSR count). The molecule has 2 aliphatic rings. The Morgan fingerprint density at radius 3 is 2.66 bits per heavy atom. The summed E-state index contributed by atoms with van der Waals surface area (Å²) >= 11 is 3.39. The Balaban J connectivity index is 1.76. The molecule has 0 spiro atoms. The van der Waals surface area contributed by atoms with Crippen LogP contribution in [0.5, 0.6) is 11.5 Å². The largest absolute Gasteiger partial charge is 0.493 e. The fourth-order valence-corrected chi connectivity index (χ4v) is 6.14. The third kappa shape index (κ3) is 5.28. The average molecular weight is 514 g/mol. The number of methoxy groups -OCH3 is 2. The first-order valence-corrected chi connectivity index (χ1v) is 13.8. The first-order valence-electron chi connectivity index (χ1n) is 11.7. The molecule has 0 amide bonds. The summed E-state index contributed by atoms with van der Waals surface area (Å²) in [5.41, 5.74) is 3.52. The summed E-state index contributed by atoms with van der Waals surface area (Å²) in [6.45, 7) is 4.28. The van der Waals surface area contributed by atoms with E-state index in [0.717, 1.165) is 34.9 Å². The number of rotatable bonds is 9. The second-order valence-corrected chi connectivity index (χ2v) is 10.9. The van der Waals surface area contributed by atoms with Gasteiger partial charge in [-0.05, 0) is 48.2 Å². The Labute approximate surface area is 214 Å². The normalized spacial score (nSPS) is 19.8. The van der Waals surface area contributed by atoms with Gasteiger partial charge in [0.25, 0.3) is 0 Å². The summed E-state index contributed by atoms with van der Waals surface area (Å²) in [4.78, 5) is 28.2. The zero-order valence-corrected chi connectivity index (χ0v) is 22.1. The Hall–Kier alpha value is -2.71. The van der Waals surface area contributed by atoms with Crippen LogP contribution in [0.2, 0.25) is 0 Å². The zero-order chi connectivity index (χ0) is 24.9. The number of esters is 1. The summed E-state index contributed by atoms with van der Waals surface area (Å²) in [6, 6.07) is 9.67. The van der Waals surface area contributed by atoms with E-state index in [4.69, 9.17) is 14.2 Å². The molecule has 2 atom stereocenters. The fourth-order valence-electron chi connectivity index (χ4n) is 4.82. The van der Waals surface area contributed by atoms with Gasteiger partial charge in [-0.1, -0.05) is 19.1 Å². The van der Waals surface area contributed by atoms with E-state index in [1.165, 1.54) is 4.88 Å². The Morgan fingerprint density at radius 1 is 1.17 bits per heavy atom. The van der Waals surface area contributed by atoms with Gasteiger partial charge in [0.2, 0.25) is 0 Å². The maximum absolute atomic E-state index is 13.6. The molecule has 1 N–H and O–H groups in total. The van der Waals surface area contributed by atoms with Gasteiger partial charge in [0.05, 0.1) is 19.8 Å². The van der Waals surface area contributed by atoms with Gasteiger partial charge in [-0.2, -0.15) is 11.8 Å². The molecule has 0 fully saturated rings. The van der Waals surface area contributed by atoms with Gasteiger partial charge < -0.3 is 19.5 Å². The zero-order valence-electron chi connectivity index (χ0n) is 20.5. The summed E-state index contributed by atoms with van der Waals surface area (Å²) in [5, 5.41) is 5.45. The number of carbonyl (C=O) groups excluding carboxylic acids is 2. The Bertz CT molecular complexity index is 1150. The standard InChI is InChI=1S/C27H31NO5S2/c1-5-34-12-10-33-27(30)24-16(2)28-19-13-18(23-7-6-11-35-23)14-20(29)26(19)25(24)17-8-9-21(31-3)22(15-17)32-4/h6-9,11,15,18,25,28H,5,10,12-14H2,1-4H3. The summed E-state index contributed by atoms with van der Waals surface area (Å²) in [5.74, 6) is 2.09. The quantitative estimate of drug-likeness (QED) is 0.354. The maximum Gasteiger partial charge on any atom is 0.336 e. The number of thioether (sulfide) groups is 1. The third-order valence-electron chi connectivity index (χ3n) is 6.40. The van der Waals surface area contributed by atoms with Gasteiger partial charge in [0, 0.05) is 45.9 Å². The van der Waals surface area contributed by atoms with E-state index in [-0.39, 0.29) is 11.7 Å². The average Bonchev–Trinajstić information content (AvgIpc) is 3.40. The predicted octanol–water partition coefficient (Wildman–Crippen LogP) is 5.42. The number of benzene rings is 1. The predicted molar refractivity (Wildman–Crippen MR) is 140 cm³/mol. The summed E-state index contributed by atoms with van der Waals surface area (Å²) < 4.78 is 16.6. The lowest BCUT2D eigenvalue weighted by atomic mass is 9.72. The van der Waals surface area contributed by atoms with E-state index in [9.17, 15) is 9.59 Å². The molecule has 1 aliphatic carbocycles. The van der Waals surface area contributed by atoms with Gasteiger partial charge in [-0.3, -0.25) is 4.79 Å². The van der Waals surface area contributed by atoms with Gasteiger partial charge >= 0.3 is 5.97 Å².